The number of rotatable bonds is 1. The second kappa shape index (κ2) is 4.07. The van der Waals surface area contributed by atoms with E-state index in [4.69, 9.17) is 0 Å². The predicted molar refractivity (Wildman–Crippen MR) is 59.6 cm³/mol. The van der Waals surface area contributed by atoms with Crippen LogP contribution in [0.2, 0.25) is 0 Å². The summed E-state index contributed by atoms with van der Waals surface area (Å²) in [7, 11) is 0. The fourth-order valence-corrected chi connectivity index (χ4v) is 3.01. The van der Waals surface area contributed by atoms with Gasteiger partial charge in [-0.2, -0.15) is 0 Å². The summed E-state index contributed by atoms with van der Waals surface area (Å²) >= 11 is 9.21. The highest BCUT2D eigenvalue weighted by atomic mass is 127. The molecule has 0 fully saturated rings. The lowest BCUT2D eigenvalue weighted by atomic mass is 10.2. The van der Waals surface area contributed by atoms with Crippen LogP contribution in [0.25, 0.3) is 0 Å². The van der Waals surface area contributed by atoms with Crippen LogP contribution < -0.4 is 0 Å². The lowest BCUT2D eigenvalue weighted by molar-refractivity contribution is 1.40. The standard InChI is InChI=1S/C7H5Br2I/c8-6-2-1-5(4-10)7(9)3-6/h1-3H,4H2. The van der Waals surface area contributed by atoms with Gasteiger partial charge in [0.25, 0.3) is 0 Å². The van der Waals surface area contributed by atoms with Crippen molar-refractivity contribution in [2.24, 2.45) is 0 Å². The zero-order chi connectivity index (χ0) is 7.56. The Balaban J connectivity index is 3.07. The zero-order valence-corrected chi connectivity index (χ0v) is 10.4. The third-order valence-corrected chi connectivity index (χ3v) is 3.21. The molecule has 0 spiro atoms. The van der Waals surface area contributed by atoms with Crippen LogP contribution in [0.5, 0.6) is 0 Å². The molecule has 1 aromatic rings. The summed E-state index contributed by atoms with van der Waals surface area (Å²) in [5, 5.41) is 0. The summed E-state index contributed by atoms with van der Waals surface area (Å²) in [6, 6.07) is 6.23. The molecule has 0 aromatic heterocycles. The summed E-state index contributed by atoms with van der Waals surface area (Å²) in [5.74, 6) is 0. The Morgan fingerprint density at radius 2 is 2.00 bits per heavy atom. The van der Waals surface area contributed by atoms with Crippen molar-refractivity contribution < 1.29 is 0 Å². The third-order valence-electron chi connectivity index (χ3n) is 1.16. The molecule has 0 saturated heterocycles. The van der Waals surface area contributed by atoms with Crippen molar-refractivity contribution in [3.63, 3.8) is 0 Å². The van der Waals surface area contributed by atoms with Gasteiger partial charge in [0.05, 0.1) is 0 Å². The fraction of sp³-hybridized carbons (Fsp3) is 0.143. The lowest BCUT2D eigenvalue weighted by Gasteiger charge is -1.98. The van der Waals surface area contributed by atoms with Crippen molar-refractivity contribution in [1.29, 1.82) is 0 Å². The summed E-state index contributed by atoms with van der Waals surface area (Å²) < 4.78 is 3.34. The van der Waals surface area contributed by atoms with Crippen LogP contribution in [0.1, 0.15) is 5.56 Å². The van der Waals surface area contributed by atoms with Crippen molar-refractivity contribution >= 4 is 54.5 Å². The van der Waals surface area contributed by atoms with Gasteiger partial charge in [0.2, 0.25) is 0 Å². The Morgan fingerprint density at radius 3 is 2.50 bits per heavy atom. The molecule has 0 atom stereocenters. The Hall–Kier alpha value is 0.910. The van der Waals surface area contributed by atoms with E-state index in [0.717, 1.165) is 8.90 Å². The fourth-order valence-electron chi connectivity index (χ4n) is 0.630. The Bertz CT molecular complexity index is 235. The molecule has 0 N–H and O–H groups in total. The first-order chi connectivity index (χ1) is 4.74. The molecule has 54 valence electrons. The molecule has 0 heterocycles. The van der Waals surface area contributed by atoms with Crippen molar-refractivity contribution in [2.45, 2.75) is 4.43 Å². The van der Waals surface area contributed by atoms with Gasteiger partial charge in [-0.25, -0.2) is 0 Å². The van der Waals surface area contributed by atoms with Crippen LogP contribution in [-0.2, 0) is 4.43 Å². The molecule has 0 nitrogen and oxygen atoms in total. The molecule has 0 saturated carbocycles. The maximum Gasteiger partial charge on any atom is 0.0258 e. The molecule has 1 rings (SSSR count). The van der Waals surface area contributed by atoms with Crippen LogP contribution in [-0.4, -0.2) is 0 Å². The molecular weight excluding hydrogens is 371 g/mol. The topological polar surface area (TPSA) is 0 Å². The van der Waals surface area contributed by atoms with Gasteiger partial charge in [-0.15, -0.1) is 0 Å². The third kappa shape index (κ3) is 2.20. The van der Waals surface area contributed by atoms with Gasteiger partial charge >= 0.3 is 0 Å². The molecule has 10 heavy (non-hydrogen) atoms. The first-order valence-electron chi connectivity index (χ1n) is 2.74. The van der Waals surface area contributed by atoms with Gasteiger partial charge in [-0.3, -0.25) is 0 Å². The Labute approximate surface area is 90.8 Å². The van der Waals surface area contributed by atoms with E-state index in [2.05, 4.69) is 72.6 Å². The summed E-state index contributed by atoms with van der Waals surface area (Å²) in [4.78, 5) is 0. The van der Waals surface area contributed by atoms with Crippen molar-refractivity contribution in [3.8, 4) is 0 Å². The van der Waals surface area contributed by atoms with Crippen molar-refractivity contribution in [2.75, 3.05) is 0 Å². The maximum atomic E-state index is 3.47. The van der Waals surface area contributed by atoms with Crippen LogP contribution >= 0.6 is 54.5 Å². The molecule has 0 aliphatic carbocycles. The molecule has 0 amide bonds. The van der Waals surface area contributed by atoms with Gasteiger partial charge in [0.15, 0.2) is 0 Å². The first kappa shape index (κ1) is 9.00. The molecule has 1 aromatic carbocycles. The van der Waals surface area contributed by atoms with Crippen molar-refractivity contribution in [3.05, 3.63) is 32.7 Å². The highest BCUT2D eigenvalue weighted by Gasteiger charge is 1.96. The second-order valence-corrected chi connectivity index (χ2v) is 4.40. The van der Waals surface area contributed by atoms with E-state index in [9.17, 15) is 0 Å². The maximum absolute atomic E-state index is 3.47. The molecule has 0 radical (unpaired) electrons. The van der Waals surface area contributed by atoms with E-state index in [1.165, 1.54) is 10.0 Å². The molecule has 3 heteroatoms. The predicted octanol–water partition coefficient (Wildman–Crippen LogP) is 4.15. The van der Waals surface area contributed by atoms with E-state index in [1.54, 1.807) is 0 Å². The van der Waals surface area contributed by atoms with Crippen LogP contribution in [0.4, 0.5) is 0 Å². The largest absolute Gasteiger partial charge is 0.0811 e. The Morgan fingerprint density at radius 1 is 1.30 bits per heavy atom. The average Bonchev–Trinajstić information content (AvgIpc) is 1.88. The summed E-state index contributed by atoms with van der Waals surface area (Å²) in [6.07, 6.45) is 0. The lowest BCUT2D eigenvalue weighted by Crippen LogP contribution is -1.78. The number of hydrogen-bond donors (Lipinski definition) is 0. The number of hydrogen-bond acceptors (Lipinski definition) is 0. The molecule has 0 aliphatic heterocycles. The highest BCUT2D eigenvalue weighted by Crippen LogP contribution is 2.23. The average molecular weight is 376 g/mol. The van der Waals surface area contributed by atoms with Gasteiger partial charge in [-0.05, 0) is 17.7 Å². The minimum atomic E-state index is 1.05. The van der Waals surface area contributed by atoms with Crippen LogP contribution in [0.15, 0.2) is 27.1 Å². The zero-order valence-electron chi connectivity index (χ0n) is 5.07. The summed E-state index contributed by atoms with van der Waals surface area (Å²) in [6.45, 7) is 0. The number of alkyl halides is 1. The van der Waals surface area contributed by atoms with E-state index in [-0.39, 0.29) is 0 Å². The molecular formula is C7H5Br2I. The molecule has 0 aliphatic rings. The Kier molecular flexibility index (Phi) is 3.66. The van der Waals surface area contributed by atoms with Gasteiger partial charge in [0, 0.05) is 13.4 Å². The second-order valence-electron chi connectivity index (χ2n) is 1.87. The van der Waals surface area contributed by atoms with Crippen molar-refractivity contribution in [1.82, 2.24) is 0 Å². The van der Waals surface area contributed by atoms with Gasteiger partial charge in [-0.1, -0.05) is 60.5 Å². The smallest absolute Gasteiger partial charge is 0.0258 e. The first-order valence-corrected chi connectivity index (χ1v) is 5.85. The van der Waals surface area contributed by atoms with Crippen LogP contribution in [0, 0.1) is 0 Å². The minimum absolute atomic E-state index is 1.05. The van der Waals surface area contributed by atoms with E-state index >= 15 is 0 Å². The van der Waals surface area contributed by atoms with E-state index in [1.807, 2.05) is 0 Å². The molecule has 0 unspecified atom stereocenters. The highest BCUT2D eigenvalue weighted by molar-refractivity contribution is 14.1. The summed E-state index contributed by atoms with van der Waals surface area (Å²) in [5.41, 5.74) is 1.34. The quantitative estimate of drug-likeness (QED) is 0.511. The SMILES string of the molecule is Brc1ccc(CI)c(Br)c1. The van der Waals surface area contributed by atoms with E-state index < -0.39 is 0 Å². The number of halogens is 3. The van der Waals surface area contributed by atoms with Gasteiger partial charge < -0.3 is 0 Å². The monoisotopic (exact) mass is 374 g/mol. The minimum Gasteiger partial charge on any atom is -0.0811 e. The molecule has 0 bridgehead atoms. The normalized spacial score (nSPS) is 9.90. The number of benzene rings is 1. The van der Waals surface area contributed by atoms with E-state index in [0.29, 0.717) is 0 Å². The van der Waals surface area contributed by atoms with Gasteiger partial charge in [0.1, 0.15) is 0 Å². The van der Waals surface area contributed by atoms with Crippen LogP contribution in [0.3, 0.4) is 0 Å².